The van der Waals surface area contributed by atoms with E-state index < -0.39 is 0 Å². The first-order valence-corrected chi connectivity index (χ1v) is 4.01. The molecule has 0 unspecified atom stereocenters. The Balaban J connectivity index is 2.81. The highest BCUT2D eigenvalue weighted by molar-refractivity contribution is 9.10. The van der Waals surface area contributed by atoms with Gasteiger partial charge in [-0.25, -0.2) is 4.98 Å². The summed E-state index contributed by atoms with van der Waals surface area (Å²) >= 11 is 3.24. The third-order valence-corrected chi connectivity index (χ3v) is 1.62. The van der Waals surface area contributed by atoms with Gasteiger partial charge in [-0.1, -0.05) is 6.92 Å². The zero-order valence-electron chi connectivity index (χ0n) is 5.84. The molecule has 0 atom stereocenters. The van der Waals surface area contributed by atoms with Crippen molar-refractivity contribution in [2.75, 3.05) is 5.73 Å². The topological polar surface area (TPSA) is 43.8 Å². The van der Waals surface area contributed by atoms with Crippen LogP contribution in [0, 0.1) is 0 Å². The van der Waals surface area contributed by atoms with E-state index >= 15 is 0 Å². The predicted molar refractivity (Wildman–Crippen MR) is 44.6 cm³/mol. The smallest absolute Gasteiger partial charge is 0.201 e. The molecule has 0 aromatic carbocycles. The molecule has 1 rings (SSSR count). The van der Waals surface area contributed by atoms with Gasteiger partial charge in [0.15, 0.2) is 0 Å². The number of imidazole rings is 1. The predicted octanol–water partition coefficient (Wildman–Crippen LogP) is 1.64. The molecule has 0 aliphatic carbocycles. The van der Waals surface area contributed by atoms with Crippen molar-refractivity contribution < 1.29 is 0 Å². The Bertz CT molecular complexity index is 219. The zero-order valence-corrected chi connectivity index (χ0v) is 7.43. The van der Waals surface area contributed by atoms with Crippen molar-refractivity contribution in [3.8, 4) is 0 Å². The van der Waals surface area contributed by atoms with Gasteiger partial charge in [0.2, 0.25) is 5.95 Å². The van der Waals surface area contributed by atoms with E-state index in [1.165, 1.54) is 0 Å². The molecule has 1 aromatic rings. The molecule has 1 heterocycles. The van der Waals surface area contributed by atoms with Gasteiger partial charge < -0.3 is 10.3 Å². The van der Waals surface area contributed by atoms with Gasteiger partial charge in [-0.05, 0) is 22.4 Å². The Kier molecular flexibility index (Phi) is 2.32. The fraction of sp³-hybridized carbons (Fsp3) is 0.500. The lowest BCUT2D eigenvalue weighted by Crippen LogP contribution is -2.00. The molecule has 0 radical (unpaired) electrons. The molecule has 3 nitrogen and oxygen atoms in total. The second kappa shape index (κ2) is 3.05. The zero-order chi connectivity index (χ0) is 7.56. The molecule has 2 N–H and O–H groups in total. The van der Waals surface area contributed by atoms with Crippen LogP contribution in [0.25, 0.3) is 0 Å². The average Bonchev–Trinajstić information content (AvgIpc) is 2.13. The van der Waals surface area contributed by atoms with E-state index in [1.54, 1.807) is 0 Å². The number of aromatic nitrogens is 2. The highest BCUT2D eigenvalue weighted by Gasteiger charge is 1.99. The lowest BCUT2D eigenvalue weighted by Gasteiger charge is -1.98. The molecule has 10 heavy (non-hydrogen) atoms. The van der Waals surface area contributed by atoms with Crippen LogP contribution >= 0.6 is 15.9 Å². The maximum atomic E-state index is 5.55. The number of nitrogen functional groups attached to an aromatic ring is 1. The van der Waals surface area contributed by atoms with Crippen LogP contribution in [0.1, 0.15) is 13.3 Å². The SMILES string of the molecule is CCCn1cc(Br)nc1N. The minimum absolute atomic E-state index is 0.578. The maximum Gasteiger partial charge on any atom is 0.201 e. The molecular formula is C6H10BrN3. The van der Waals surface area contributed by atoms with Gasteiger partial charge in [-0.3, -0.25) is 0 Å². The van der Waals surface area contributed by atoms with Gasteiger partial charge in [0, 0.05) is 12.7 Å². The highest BCUT2D eigenvalue weighted by atomic mass is 79.9. The third-order valence-electron chi connectivity index (χ3n) is 1.24. The summed E-state index contributed by atoms with van der Waals surface area (Å²) in [5, 5.41) is 0. The van der Waals surface area contributed by atoms with Gasteiger partial charge in [-0.2, -0.15) is 0 Å². The molecular weight excluding hydrogens is 194 g/mol. The number of halogens is 1. The highest BCUT2D eigenvalue weighted by Crippen LogP contribution is 2.10. The standard InChI is InChI=1S/C6H10BrN3/c1-2-3-10-4-5(7)9-6(10)8/h4H,2-3H2,1H3,(H2,8,9). The van der Waals surface area contributed by atoms with Crippen molar-refractivity contribution in [1.82, 2.24) is 9.55 Å². The van der Waals surface area contributed by atoms with Crippen LogP contribution in [-0.2, 0) is 6.54 Å². The number of rotatable bonds is 2. The first kappa shape index (κ1) is 7.60. The van der Waals surface area contributed by atoms with Gasteiger partial charge >= 0.3 is 0 Å². The van der Waals surface area contributed by atoms with Crippen molar-refractivity contribution in [1.29, 1.82) is 0 Å². The number of anilines is 1. The van der Waals surface area contributed by atoms with Gasteiger partial charge in [0.1, 0.15) is 4.60 Å². The van der Waals surface area contributed by atoms with Gasteiger partial charge in [0.25, 0.3) is 0 Å². The number of aryl methyl sites for hydroxylation is 1. The minimum Gasteiger partial charge on any atom is -0.369 e. The van der Waals surface area contributed by atoms with E-state index in [0.717, 1.165) is 17.6 Å². The first-order valence-electron chi connectivity index (χ1n) is 3.22. The Morgan fingerprint density at radius 1 is 1.80 bits per heavy atom. The summed E-state index contributed by atoms with van der Waals surface area (Å²) in [5.41, 5.74) is 5.55. The molecule has 0 saturated heterocycles. The molecule has 1 aromatic heterocycles. The summed E-state index contributed by atoms with van der Waals surface area (Å²) in [5.74, 6) is 0.578. The Morgan fingerprint density at radius 3 is 2.90 bits per heavy atom. The molecule has 0 aliphatic heterocycles. The van der Waals surface area contributed by atoms with Crippen LogP contribution in [0.5, 0.6) is 0 Å². The van der Waals surface area contributed by atoms with E-state index in [0.29, 0.717) is 5.95 Å². The Hall–Kier alpha value is -0.510. The van der Waals surface area contributed by atoms with Crippen LogP contribution < -0.4 is 5.73 Å². The van der Waals surface area contributed by atoms with Crippen LogP contribution in [0.15, 0.2) is 10.8 Å². The van der Waals surface area contributed by atoms with E-state index in [1.807, 2.05) is 10.8 Å². The van der Waals surface area contributed by atoms with Gasteiger partial charge in [0.05, 0.1) is 0 Å². The monoisotopic (exact) mass is 203 g/mol. The quantitative estimate of drug-likeness (QED) is 0.795. The van der Waals surface area contributed by atoms with Crippen molar-refractivity contribution >= 4 is 21.9 Å². The summed E-state index contributed by atoms with van der Waals surface area (Å²) in [4.78, 5) is 3.99. The fourth-order valence-electron chi connectivity index (χ4n) is 0.817. The van der Waals surface area contributed by atoms with Gasteiger partial charge in [-0.15, -0.1) is 0 Å². The van der Waals surface area contributed by atoms with E-state index in [9.17, 15) is 0 Å². The fourth-order valence-corrected chi connectivity index (χ4v) is 1.25. The van der Waals surface area contributed by atoms with E-state index in [2.05, 4.69) is 27.8 Å². The molecule has 0 bridgehead atoms. The Morgan fingerprint density at radius 2 is 2.50 bits per heavy atom. The molecule has 0 amide bonds. The number of hydrogen-bond acceptors (Lipinski definition) is 2. The number of nitrogens with zero attached hydrogens (tertiary/aromatic N) is 2. The lowest BCUT2D eigenvalue weighted by molar-refractivity contribution is 0.687. The summed E-state index contributed by atoms with van der Waals surface area (Å²) in [6, 6.07) is 0. The van der Waals surface area contributed by atoms with E-state index in [-0.39, 0.29) is 0 Å². The van der Waals surface area contributed by atoms with Crippen LogP contribution in [0.4, 0.5) is 5.95 Å². The summed E-state index contributed by atoms with van der Waals surface area (Å²) in [7, 11) is 0. The molecule has 0 aliphatic rings. The Labute approximate surface area is 68.4 Å². The second-order valence-electron chi connectivity index (χ2n) is 2.12. The van der Waals surface area contributed by atoms with E-state index in [4.69, 9.17) is 5.73 Å². The average molecular weight is 204 g/mol. The summed E-state index contributed by atoms with van der Waals surface area (Å²) in [6.45, 7) is 3.04. The minimum atomic E-state index is 0.578. The van der Waals surface area contributed by atoms with Crippen molar-refractivity contribution in [3.05, 3.63) is 10.8 Å². The molecule has 0 saturated carbocycles. The number of nitrogens with two attached hydrogens (primary N) is 1. The van der Waals surface area contributed by atoms with Crippen molar-refractivity contribution in [2.24, 2.45) is 0 Å². The maximum absolute atomic E-state index is 5.55. The largest absolute Gasteiger partial charge is 0.369 e. The molecule has 4 heteroatoms. The van der Waals surface area contributed by atoms with Crippen LogP contribution in [0.3, 0.4) is 0 Å². The molecule has 0 spiro atoms. The van der Waals surface area contributed by atoms with Crippen molar-refractivity contribution in [2.45, 2.75) is 19.9 Å². The first-order chi connectivity index (χ1) is 4.74. The van der Waals surface area contributed by atoms with Crippen molar-refractivity contribution in [3.63, 3.8) is 0 Å². The number of hydrogen-bond donors (Lipinski definition) is 1. The summed E-state index contributed by atoms with van der Waals surface area (Å²) in [6.07, 6.45) is 2.96. The normalized spacial score (nSPS) is 10.2. The van der Waals surface area contributed by atoms with Crippen LogP contribution in [0.2, 0.25) is 0 Å². The third kappa shape index (κ3) is 1.50. The van der Waals surface area contributed by atoms with Crippen LogP contribution in [-0.4, -0.2) is 9.55 Å². The lowest BCUT2D eigenvalue weighted by atomic mass is 10.5. The second-order valence-corrected chi connectivity index (χ2v) is 2.93. The summed E-state index contributed by atoms with van der Waals surface area (Å²) < 4.78 is 2.72. The molecule has 56 valence electrons. The molecule has 0 fully saturated rings.